The van der Waals surface area contributed by atoms with Crippen molar-refractivity contribution in [1.82, 2.24) is 4.90 Å². The maximum atomic E-state index is 12.5. The Morgan fingerprint density at radius 3 is 2.76 bits per heavy atom. The van der Waals surface area contributed by atoms with Crippen molar-refractivity contribution in [1.29, 1.82) is 5.26 Å². The molecular weight excluding hydrogens is 284 g/mol. The van der Waals surface area contributed by atoms with Crippen LogP contribution in [0.4, 0.5) is 0 Å². The Balaban J connectivity index is 2.10. The highest BCUT2D eigenvalue weighted by Gasteiger charge is 2.57. The monoisotopic (exact) mass is 302 g/mol. The number of carbonyl (C=O) groups excluding carboxylic acids is 1. The molecule has 2 atom stereocenters. The van der Waals surface area contributed by atoms with Crippen molar-refractivity contribution < 1.29 is 4.79 Å². The number of hydrogen-bond acceptors (Lipinski definition) is 2. The predicted molar refractivity (Wildman–Crippen MR) is 81.6 cm³/mol. The zero-order chi connectivity index (χ0) is 15.3. The van der Waals surface area contributed by atoms with Crippen LogP contribution in [0.2, 0.25) is 5.02 Å². The molecule has 2 aliphatic rings. The number of rotatable bonds is 2. The van der Waals surface area contributed by atoms with Gasteiger partial charge in [-0.25, -0.2) is 0 Å². The van der Waals surface area contributed by atoms with E-state index in [1.807, 2.05) is 43.0 Å². The van der Waals surface area contributed by atoms with Gasteiger partial charge in [-0.15, -0.1) is 0 Å². The van der Waals surface area contributed by atoms with Gasteiger partial charge in [0.05, 0.1) is 23.1 Å². The summed E-state index contributed by atoms with van der Waals surface area (Å²) in [7, 11) is 0. The zero-order valence-electron chi connectivity index (χ0n) is 12.4. The summed E-state index contributed by atoms with van der Waals surface area (Å²) in [6.45, 7) is 3.85. The standard InChI is InChI=1S/C17H19ClN2O/c1-16(2,11-19)14-7-9-17(10-8-15(21)20(14)17)12-5-3-4-6-13(12)18/h3-6,14H,7-10H2,1-2H3/t14-,17-/m1/s1. The van der Waals surface area contributed by atoms with Crippen LogP contribution in [-0.4, -0.2) is 16.8 Å². The first-order valence-electron chi connectivity index (χ1n) is 7.41. The molecule has 3 rings (SSSR count). The minimum absolute atomic E-state index is 0.0335. The van der Waals surface area contributed by atoms with E-state index in [9.17, 15) is 10.1 Å². The highest BCUT2D eigenvalue weighted by Crippen LogP contribution is 2.54. The lowest BCUT2D eigenvalue weighted by Crippen LogP contribution is -2.48. The van der Waals surface area contributed by atoms with E-state index >= 15 is 0 Å². The molecule has 2 saturated heterocycles. The Hall–Kier alpha value is -1.53. The van der Waals surface area contributed by atoms with Crippen LogP contribution in [0.25, 0.3) is 0 Å². The molecule has 4 heteroatoms. The fraction of sp³-hybridized carbons (Fsp3) is 0.529. The summed E-state index contributed by atoms with van der Waals surface area (Å²) in [4.78, 5) is 14.5. The molecule has 0 aromatic heterocycles. The second kappa shape index (κ2) is 4.74. The van der Waals surface area contributed by atoms with E-state index < -0.39 is 5.41 Å². The van der Waals surface area contributed by atoms with E-state index in [0.29, 0.717) is 11.4 Å². The molecule has 21 heavy (non-hydrogen) atoms. The third-order valence-corrected chi connectivity index (χ3v) is 5.45. The van der Waals surface area contributed by atoms with Gasteiger partial charge in [-0.1, -0.05) is 29.8 Å². The molecule has 0 saturated carbocycles. The van der Waals surface area contributed by atoms with E-state index in [1.54, 1.807) is 0 Å². The van der Waals surface area contributed by atoms with Crippen LogP contribution in [0.15, 0.2) is 24.3 Å². The molecule has 110 valence electrons. The van der Waals surface area contributed by atoms with Gasteiger partial charge < -0.3 is 4.90 Å². The summed E-state index contributed by atoms with van der Waals surface area (Å²) < 4.78 is 0. The van der Waals surface area contributed by atoms with Gasteiger partial charge >= 0.3 is 0 Å². The quantitative estimate of drug-likeness (QED) is 0.832. The van der Waals surface area contributed by atoms with Crippen LogP contribution in [0.3, 0.4) is 0 Å². The van der Waals surface area contributed by atoms with Gasteiger partial charge in [0, 0.05) is 11.4 Å². The lowest BCUT2D eigenvalue weighted by Gasteiger charge is -2.39. The van der Waals surface area contributed by atoms with Gasteiger partial charge in [0.15, 0.2) is 0 Å². The van der Waals surface area contributed by atoms with Crippen molar-refractivity contribution >= 4 is 17.5 Å². The van der Waals surface area contributed by atoms with Crippen molar-refractivity contribution in [2.45, 2.75) is 51.1 Å². The third-order valence-electron chi connectivity index (χ3n) is 5.12. The lowest BCUT2D eigenvalue weighted by molar-refractivity contribution is -0.133. The molecule has 0 radical (unpaired) electrons. The number of amides is 1. The van der Waals surface area contributed by atoms with Crippen LogP contribution in [-0.2, 0) is 10.3 Å². The van der Waals surface area contributed by atoms with Crippen molar-refractivity contribution in [3.05, 3.63) is 34.9 Å². The lowest BCUT2D eigenvalue weighted by atomic mass is 9.84. The Morgan fingerprint density at radius 2 is 2.10 bits per heavy atom. The second-order valence-electron chi connectivity index (χ2n) is 6.66. The van der Waals surface area contributed by atoms with Crippen LogP contribution in [0, 0.1) is 16.7 Å². The number of benzene rings is 1. The molecular formula is C17H19ClN2O. The van der Waals surface area contributed by atoms with E-state index in [0.717, 1.165) is 24.8 Å². The molecule has 0 spiro atoms. The topological polar surface area (TPSA) is 44.1 Å². The number of hydrogen-bond donors (Lipinski definition) is 0. The molecule has 3 nitrogen and oxygen atoms in total. The number of nitriles is 1. The summed E-state index contributed by atoms with van der Waals surface area (Å²) in [6.07, 6.45) is 3.09. The van der Waals surface area contributed by atoms with Crippen molar-refractivity contribution in [2.75, 3.05) is 0 Å². The van der Waals surface area contributed by atoms with Gasteiger partial charge in [0.1, 0.15) is 0 Å². The van der Waals surface area contributed by atoms with Crippen molar-refractivity contribution in [2.24, 2.45) is 5.41 Å². The first kappa shape index (κ1) is 14.4. The van der Waals surface area contributed by atoms with Gasteiger partial charge in [-0.3, -0.25) is 4.79 Å². The summed E-state index contributed by atoms with van der Waals surface area (Å²) in [6, 6.07) is 10.1. The SMILES string of the molecule is CC(C)(C#N)[C@H]1CC[C@]2(c3ccccc3Cl)CCC(=O)N12. The smallest absolute Gasteiger partial charge is 0.223 e. The molecule has 2 heterocycles. The van der Waals surface area contributed by atoms with Gasteiger partial charge in [0.25, 0.3) is 0 Å². The fourth-order valence-corrected chi connectivity index (χ4v) is 4.32. The second-order valence-corrected chi connectivity index (χ2v) is 7.07. The van der Waals surface area contributed by atoms with Gasteiger partial charge in [-0.2, -0.15) is 5.26 Å². The minimum atomic E-state index is -0.539. The van der Waals surface area contributed by atoms with Crippen LogP contribution in [0.1, 0.15) is 45.1 Å². The normalized spacial score (nSPS) is 28.6. The highest BCUT2D eigenvalue weighted by molar-refractivity contribution is 6.31. The Kier molecular flexibility index (Phi) is 3.26. The minimum Gasteiger partial charge on any atom is -0.328 e. The predicted octanol–water partition coefficient (Wildman–Crippen LogP) is 3.87. The first-order valence-corrected chi connectivity index (χ1v) is 7.79. The molecule has 1 aromatic carbocycles. The Morgan fingerprint density at radius 1 is 1.38 bits per heavy atom. The molecule has 0 bridgehead atoms. The van der Waals surface area contributed by atoms with Crippen LogP contribution < -0.4 is 0 Å². The summed E-state index contributed by atoms with van der Waals surface area (Å²) in [5, 5.41) is 10.2. The molecule has 0 N–H and O–H groups in total. The molecule has 0 aliphatic carbocycles. The largest absolute Gasteiger partial charge is 0.328 e. The maximum absolute atomic E-state index is 12.5. The maximum Gasteiger partial charge on any atom is 0.223 e. The molecule has 2 aliphatic heterocycles. The zero-order valence-corrected chi connectivity index (χ0v) is 13.2. The van der Waals surface area contributed by atoms with Crippen molar-refractivity contribution in [3.8, 4) is 6.07 Å². The van der Waals surface area contributed by atoms with Gasteiger partial charge in [-0.05, 0) is 44.7 Å². The van der Waals surface area contributed by atoms with Crippen molar-refractivity contribution in [3.63, 3.8) is 0 Å². The molecule has 2 fully saturated rings. The number of carbonyl (C=O) groups is 1. The number of nitrogens with zero attached hydrogens (tertiary/aromatic N) is 2. The first-order chi connectivity index (χ1) is 9.92. The molecule has 0 unspecified atom stereocenters. The summed E-state index contributed by atoms with van der Waals surface area (Å²) >= 11 is 6.41. The van der Waals surface area contributed by atoms with E-state index in [1.165, 1.54) is 0 Å². The number of fused-ring (bicyclic) bond motifs is 1. The van der Waals surface area contributed by atoms with Gasteiger partial charge in [0.2, 0.25) is 5.91 Å². The average molecular weight is 303 g/mol. The Bertz CT molecular complexity index is 634. The fourth-order valence-electron chi connectivity index (χ4n) is 4.01. The van der Waals surface area contributed by atoms with Crippen LogP contribution >= 0.6 is 11.6 Å². The average Bonchev–Trinajstić information content (AvgIpc) is 2.99. The highest BCUT2D eigenvalue weighted by atomic mass is 35.5. The molecule has 1 aromatic rings. The number of halogens is 1. The third kappa shape index (κ3) is 1.97. The van der Waals surface area contributed by atoms with E-state index in [2.05, 4.69) is 6.07 Å². The van der Waals surface area contributed by atoms with E-state index in [4.69, 9.17) is 11.6 Å². The summed E-state index contributed by atoms with van der Waals surface area (Å²) in [5.41, 5.74) is 0.186. The van der Waals surface area contributed by atoms with E-state index in [-0.39, 0.29) is 17.5 Å². The van der Waals surface area contributed by atoms with Crippen LogP contribution in [0.5, 0.6) is 0 Å². The molecule has 1 amide bonds. The summed E-state index contributed by atoms with van der Waals surface area (Å²) in [5.74, 6) is 0.153. The Labute approximate surface area is 130 Å².